The summed E-state index contributed by atoms with van der Waals surface area (Å²) in [5, 5.41) is 0. The van der Waals surface area contributed by atoms with Gasteiger partial charge >= 0.3 is 69.5 Å². The van der Waals surface area contributed by atoms with Crippen LogP contribution in [0, 0.1) is 0 Å². The second-order valence-electron chi connectivity index (χ2n) is 0. The molecule has 0 aliphatic carbocycles. The Morgan fingerprint density at radius 3 is 0.833 bits per heavy atom. The van der Waals surface area contributed by atoms with E-state index >= 15 is 0 Å². The largest absolute Gasteiger partial charge is 4.00 e. The molecule has 6 heavy (non-hydrogen) atoms. The minimum absolute atomic E-state index is 0. The van der Waals surface area contributed by atoms with E-state index in [1.165, 1.54) is 0 Å². The maximum Gasteiger partial charge on any atom is 4.00 e. The van der Waals surface area contributed by atoms with Crippen molar-refractivity contribution in [2.45, 2.75) is 0 Å². The van der Waals surface area contributed by atoms with E-state index < -0.39 is 0 Å². The van der Waals surface area contributed by atoms with Gasteiger partial charge in [0, 0.05) is 19.5 Å². The van der Waals surface area contributed by atoms with Crippen LogP contribution < -0.4 is 0 Å². The Balaban J connectivity index is 0. The van der Waals surface area contributed by atoms with Gasteiger partial charge < -0.3 is 11.0 Å². The third kappa shape index (κ3) is 28.9. The summed E-state index contributed by atoms with van der Waals surface area (Å²) in [5.74, 6) is 0. The van der Waals surface area contributed by atoms with Crippen LogP contribution in [0.2, 0.25) is 0 Å². The molecule has 0 atom stereocenters. The molecule has 0 aliphatic heterocycles. The number of rotatable bonds is 0. The van der Waals surface area contributed by atoms with E-state index in [2.05, 4.69) is 0 Å². The molecule has 0 fully saturated rings. The molecule has 0 bridgehead atoms. The third-order valence-electron chi connectivity index (χ3n) is 0. The first-order valence-corrected chi connectivity index (χ1v) is 0. The average molecular weight is 407 g/mol. The summed E-state index contributed by atoms with van der Waals surface area (Å²) >= 11 is 0. The predicted octanol–water partition coefficient (Wildman–Crippen LogP) is -2.99. The van der Waals surface area contributed by atoms with Crippen LogP contribution >= 0.6 is 0 Å². The molecule has 6 heteroatoms. The van der Waals surface area contributed by atoms with Crippen molar-refractivity contribution in [2.24, 2.45) is 0 Å². The minimum Gasteiger partial charge on any atom is -2.00 e. The molecule has 30 valence electrons. The molecular formula is H6GaInO2SnZn. The molecule has 0 aromatic carbocycles. The van der Waals surface area contributed by atoms with Gasteiger partial charge in [-0.25, -0.2) is 0 Å². The molecule has 0 spiro atoms. The van der Waals surface area contributed by atoms with E-state index in [0.29, 0.717) is 0 Å². The Morgan fingerprint density at radius 1 is 0.833 bits per heavy atom. The Labute approximate surface area is 98.4 Å². The van der Waals surface area contributed by atoms with Gasteiger partial charge in [-0.3, -0.25) is 0 Å². The van der Waals surface area contributed by atoms with E-state index in [1.54, 1.807) is 0 Å². The quantitative estimate of drug-likeness (QED) is 0.386. The van der Waals surface area contributed by atoms with E-state index in [4.69, 9.17) is 0 Å². The molecule has 0 saturated heterocycles. The number of hydrogen-bond donors (Lipinski definition) is 0. The van der Waals surface area contributed by atoms with Gasteiger partial charge in [-0.05, 0) is 0 Å². The predicted molar refractivity (Wildman–Crippen MR) is 27.0 cm³/mol. The van der Waals surface area contributed by atoms with Crippen LogP contribution in [0.1, 0.15) is 0 Å². The Kier molecular flexibility index (Phi) is 508. The van der Waals surface area contributed by atoms with E-state index in [0.717, 1.165) is 0 Å². The van der Waals surface area contributed by atoms with Crippen molar-refractivity contribution in [3.05, 3.63) is 0 Å². The molecule has 0 aromatic rings. The van der Waals surface area contributed by atoms with Gasteiger partial charge in [0.15, 0.2) is 0 Å². The number of hydrogen-bond acceptors (Lipinski definition) is 0. The molecule has 0 saturated carbocycles. The van der Waals surface area contributed by atoms with E-state index in [1.807, 2.05) is 0 Å². The summed E-state index contributed by atoms with van der Waals surface area (Å²) in [6.45, 7) is 0. The molecule has 0 heterocycles. The molecular weight excluding hydrogens is 401 g/mol. The first-order chi connectivity index (χ1) is 0. The second-order valence-corrected chi connectivity index (χ2v) is 0. The fourth-order valence-electron chi connectivity index (χ4n) is 0. The van der Waals surface area contributed by atoms with Gasteiger partial charge in [-0.2, -0.15) is 0 Å². The summed E-state index contributed by atoms with van der Waals surface area (Å²) in [5.41, 5.74) is 0. The van der Waals surface area contributed by atoms with Crippen molar-refractivity contribution >= 4 is 69.5 Å². The molecule has 2 nitrogen and oxygen atoms in total. The van der Waals surface area contributed by atoms with Crippen LogP contribution in [0.15, 0.2) is 0 Å². The molecule has 0 radical (unpaired) electrons. The maximum atomic E-state index is 0. The Morgan fingerprint density at radius 2 is 0.833 bits per heavy atom. The second kappa shape index (κ2) is 45.4. The smallest absolute Gasteiger partial charge is 2.00 e. The first kappa shape index (κ1) is 67.2. The van der Waals surface area contributed by atoms with Crippen molar-refractivity contribution in [2.75, 3.05) is 0 Å². The van der Waals surface area contributed by atoms with Crippen LogP contribution in [0.25, 0.3) is 0 Å². The molecule has 0 N–H and O–H groups in total. The van der Waals surface area contributed by atoms with Gasteiger partial charge in [-0.15, -0.1) is 0 Å². The zero-order chi connectivity index (χ0) is 0. The average Bonchev–Trinajstić information content (AvgIpc) is 0. The van der Waals surface area contributed by atoms with Gasteiger partial charge in [0.25, 0.3) is 0 Å². The molecule has 0 aromatic heterocycles. The zero-order valence-corrected chi connectivity index (χ0v) is 7.84. The molecule has 0 amide bonds. The normalized spacial score (nSPS) is 0. The zero-order valence-electron chi connectivity index (χ0n) is 2.02. The maximum absolute atomic E-state index is 0. The molecule has 0 rings (SSSR count). The minimum atomic E-state index is 0. The van der Waals surface area contributed by atoms with Crippen LogP contribution in [-0.4, -0.2) is 69.5 Å². The van der Waals surface area contributed by atoms with Crippen molar-refractivity contribution in [3.63, 3.8) is 0 Å². The molecule has 0 aliphatic rings. The first-order valence-electron chi connectivity index (χ1n) is 0. The molecule has 0 unspecified atom stereocenters. The van der Waals surface area contributed by atoms with Crippen LogP contribution in [0.3, 0.4) is 0 Å². The van der Waals surface area contributed by atoms with Gasteiger partial charge in [-0.1, -0.05) is 0 Å². The fourth-order valence-corrected chi connectivity index (χ4v) is 0. The SMILES string of the molecule is [GaH3].[InH3].[O-2].[O-2].[Sn+4].[Zn]. The van der Waals surface area contributed by atoms with Gasteiger partial charge in [0.2, 0.25) is 0 Å². The van der Waals surface area contributed by atoms with Crippen LogP contribution in [-0.2, 0) is 30.4 Å². The van der Waals surface area contributed by atoms with Gasteiger partial charge in [0.05, 0.1) is 0 Å². The van der Waals surface area contributed by atoms with Crippen molar-refractivity contribution < 1.29 is 30.4 Å². The summed E-state index contributed by atoms with van der Waals surface area (Å²) in [7, 11) is 0. The van der Waals surface area contributed by atoms with Crippen LogP contribution in [0.5, 0.6) is 0 Å². The summed E-state index contributed by atoms with van der Waals surface area (Å²) < 4.78 is 0. The topological polar surface area (TPSA) is 57.0 Å². The van der Waals surface area contributed by atoms with Crippen molar-refractivity contribution in [1.82, 2.24) is 0 Å². The third-order valence-corrected chi connectivity index (χ3v) is 0. The standard InChI is InChI=1S/Ga.In.2O.Sn.Zn.6H/q;;2*-2;+4;;;;;;;. The summed E-state index contributed by atoms with van der Waals surface area (Å²) in [6, 6.07) is 0. The van der Waals surface area contributed by atoms with Crippen LogP contribution in [0.4, 0.5) is 0 Å². The monoisotopic (exact) mass is 406 g/mol. The van der Waals surface area contributed by atoms with E-state index in [9.17, 15) is 0 Å². The summed E-state index contributed by atoms with van der Waals surface area (Å²) in [6.07, 6.45) is 0. The Bertz CT molecular complexity index is 13.5. The van der Waals surface area contributed by atoms with Crippen molar-refractivity contribution in [3.8, 4) is 0 Å². The Hall–Kier alpha value is 2.85. The van der Waals surface area contributed by atoms with Gasteiger partial charge in [0.1, 0.15) is 0 Å². The fraction of sp³-hybridized carbons (Fsp3) is 0. The van der Waals surface area contributed by atoms with E-state index in [-0.39, 0.29) is 100.0 Å². The summed E-state index contributed by atoms with van der Waals surface area (Å²) in [4.78, 5) is 0. The van der Waals surface area contributed by atoms with Crippen molar-refractivity contribution in [1.29, 1.82) is 0 Å².